The molecule has 7 aliphatic rings. The molecule has 9 rings (SSSR count). The number of hydrogen-bond acceptors (Lipinski definition) is 8. The number of anilines is 2. The van der Waals surface area contributed by atoms with Crippen LogP contribution in [0.4, 0.5) is 33.6 Å². The molecule has 15 heteroatoms. The number of alkyl halides is 5. The van der Waals surface area contributed by atoms with E-state index in [1.807, 2.05) is 12.1 Å². The number of benzene rings is 1. The maximum absolute atomic E-state index is 15.4. The largest absolute Gasteiger partial charge is 0.490 e. The Morgan fingerprint density at radius 3 is 2.27 bits per heavy atom. The van der Waals surface area contributed by atoms with Crippen LogP contribution in [0.1, 0.15) is 86.3 Å². The summed E-state index contributed by atoms with van der Waals surface area (Å²) in [7, 11) is 0. The molecule has 3 aliphatic heterocycles. The number of aromatic nitrogens is 2. The van der Waals surface area contributed by atoms with Crippen LogP contribution in [-0.4, -0.2) is 89.1 Å². The first-order chi connectivity index (χ1) is 24.6. The Kier molecular flexibility index (Phi) is 8.71. The van der Waals surface area contributed by atoms with E-state index < -0.39 is 52.7 Å². The van der Waals surface area contributed by atoms with Gasteiger partial charge in [0.2, 0.25) is 5.95 Å². The van der Waals surface area contributed by atoms with E-state index in [9.17, 15) is 27.9 Å². The van der Waals surface area contributed by atoms with Crippen molar-refractivity contribution in [1.82, 2.24) is 20.2 Å². The van der Waals surface area contributed by atoms with Gasteiger partial charge in [0.25, 0.3) is 11.8 Å². The number of piperidine rings is 1. The van der Waals surface area contributed by atoms with Crippen LogP contribution in [0.25, 0.3) is 0 Å². The second-order valence-corrected chi connectivity index (χ2v) is 16.1. The van der Waals surface area contributed by atoms with Gasteiger partial charge in [-0.1, -0.05) is 0 Å². The molecule has 2 aromatic rings. The topological polar surface area (TPSA) is 117 Å². The summed E-state index contributed by atoms with van der Waals surface area (Å²) in [6.07, 6.45) is 2.65. The molecular formula is C37H44F5N5O5. The summed E-state index contributed by atoms with van der Waals surface area (Å²) in [6.45, 7) is 1.63. The van der Waals surface area contributed by atoms with Gasteiger partial charge in [-0.25, -0.2) is 14.8 Å². The Hall–Kier alpha value is -3.59. The van der Waals surface area contributed by atoms with Crippen molar-refractivity contribution in [1.29, 1.82) is 0 Å². The number of carboxylic acid groups (broad SMARTS) is 1. The average molecular weight is 734 g/mol. The number of likely N-dealkylation sites (tertiary alicyclic amines) is 1. The zero-order chi connectivity index (χ0) is 36.6. The van der Waals surface area contributed by atoms with Crippen LogP contribution >= 0.6 is 0 Å². The lowest BCUT2D eigenvalue weighted by atomic mass is 9.48. The number of fused-ring (bicyclic) bond motifs is 2. The molecule has 1 amide bonds. The predicted molar refractivity (Wildman–Crippen MR) is 178 cm³/mol. The molecule has 282 valence electrons. The maximum atomic E-state index is 15.4. The summed E-state index contributed by atoms with van der Waals surface area (Å²) >= 11 is 0. The minimum absolute atomic E-state index is 0.00836. The van der Waals surface area contributed by atoms with E-state index >= 15 is 8.78 Å². The smallest absolute Gasteiger partial charge is 0.401 e. The van der Waals surface area contributed by atoms with E-state index in [0.29, 0.717) is 101 Å². The highest BCUT2D eigenvalue weighted by atomic mass is 19.4. The minimum Gasteiger partial charge on any atom is -0.490 e. The fourth-order valence-electron chi connectivity index (χ4n) is 10.5. The molecule has 4 heterocycles. The fourth-order valence-corrected chi connectivity index (χ4v) is 10.5. The number of rotatable bonds is 8. The molecule has 4 aliphatic carbocycles. The second-order valence-electron chi connectivity index (χ2n) is 16.1. The molecule has 10 nitrogen and oxygen atoms in total. The van der Waals surface area contributed by atoms with Gasteiger partial charge in [0.1, 0.15) is 23.1 Å². The SMILES string of the molecule is CC(F)(F)c1nc(N2CC3(CCOCC3)c3cc(OC4CCN(CC(F)(F)F)CC4)ccc32)ncc1C(=O)NC1(C(=O)O)C2CC3CC(C2)CC1C3. The maximum Gasteiger partial charge on any atom is 0.401 e. The van der Waals surface area contributed by atoms with Crippen LogP contribution in [0.15, 0.2) is 24.4 Å². The Labute approximate surface area is 298 Å². The summed E-state index contributed by atoms with van der Waals surface area (Å²) in [4.78, 5) is 38.7. The number of nitrogens with one attached hydrogen (secondary N) is 1. The van der Waals surface area contributed by atoms with Crippen LogP contribution in [0.5, 0.6) is 5.75 Å². The van der Waals surface area contributed by atoms with E-state index in [-0.39, 0.29) is 37.0 Å². The predicted octanol–water partition coefficient (Wildman–Crippen LogP) is 6.20. The molecule has 2 saturated heterocycles. The quantitative estimate of drug-likeness (QED) is 0.306. The van der Waals surface area contributed by atoms with Crippen LogP contribution in [-0.2, 0) is 20.9 Å². The van der Waals surface area contributed by atoms with Crippen molar-refractivity contribution in [3.05, 3.63) is 41.2 Å². The molecule has 1 spiro atoms. The van der Waals surface area contributed by atoms with Crippen molar-refractivity contribution < 1.29 is 46.1 Å². The van der Waals surface area contributed by atoms with Gasteiger partial charge in [-0.05, 0) is 105 Å². The van der Waals surface area contributed by atoms with Crippen molar-refractivity contribution in [2.45, 2.75) is 93.9 Å². The molecule has 6 fully saturated rings. The molecule has 4 saturated carbocycles. The van der Waals surface area contributed by atoms with E-state index in [4.69, 9.17) is 9.47 Å². The molecule has 2 N–H and O–H groups in total. The summed E-state index contributed by atoms with van der Waals surface area (Å²) in [5.41, 5.74) is -1.54. The fraction of sp³-hybridized carbons (Fsp3) is 0.676. The first kappa shape index (κ1) is 35.4. The highest BCUT2D eigenvalue weighted by molar-refractivity contribution is 5.99. The zero-order valence-corrected chi connectivity index (χ0v) is 29.1. The van der Waals surface area contributed by atoms with Crippen LogP contribution in [0.2, 0.25) is 0 Å². The number of ether oxygens (including phenoxy) is 2. The second kappa shape index (κ2) is 12.8. The van der Waals surface area contributed by atoms with E-state index in [2.05, 4.69) is 15.3 Å². The number of carboxylic acids is 1. The lowest BCUT2D eigenvalue weighted by molar-refractivity contribution is -0.163. The van der Waals surface area contributed by atoms with Gasteiger partial charge in [0.15, 0.2) is 0 Å². The Morgan fingerprint density at radius 1 is 1.02 bits per heavy atom. The van der Waals surface area contributed by atoms with Crippen molar-refractivity contribution >= 4 is 23.5 Å². The highest BCUT2D eigenvalue weighted by Crippen LogP contribution is 2.58. The monoisotopic (exact) mass is 733 g/mol. The van der Waals surface area contributed by atoms with Crippen LogP contribution < -0.4 is 15.0 Å². The van der Waals surface area contributed by atoms with Gasteiger partial charge < -0.3 is 24.8 Å². The molecule has 52 heavy (non-hydrogen) atoms. The average Bonchev–Trinajstić information content (AvgIpc) is 3.38. The number of carbonyl (C=O) groups is 2. The normalized spacial score (nSPS) is 30.1. The van der Waals surface area contributed by atoms with Crippen molar-refractivity contribution in [2.24, 2.45) is 23.7 Å². The molecule has 0 atom stereocenters. The van der Waals surface area contributed by atoms with Crippen LogP contribution in [0.3, 0.4) is 0 Å². The molecular weight excluding hydrogens is 689 g/mol. The number of halogens is 5. The van der Waals surface area contributed by atoms with Gasteiger partial charge in [-0.3, -0.25) is 9.69 Å². The third-order valence-corrected chi connectivity index (χ3v) is 12.8. The zero-order valence-electron chi connectivity index (χ0n) is 29.1. The van der Waals surface area contributed by atoms with E-state index in [0.717, 1.165) is 18.2 Å². The Balaban J connectivity index is 1.07. The standard InChI is InChI=1S/C37H44F5N5O5/c1-34(38,39)30-27(31(48)45-37(32(49)50)23-13-21-12-22(15-23)16-24(37)14-21)18-43-33(44-30)47-19-35(6-10-51-11-7-35)28-17-26(2-3-29(28)47)52-25-4-8-46(9-5-25)20-36(40,41)42/h2-3,17-18,21-25H,4-16,19-20H2,1H3,(H,45,48)(H,49,50). The molecule has 1 aromatic heterocycles. The number of aliphatic carboxylic acids is 1. The Bertz CT molecular complexity index is 1690. The number of carbonyl (C=O) groups excluding carboxylic acids is 1. The summed E-state index contributed by atoms with van der Waals surface area (Å²) in [6, 6.07) is 5.51. The van der Waals surface area contributed by atoms with Gasteiger partial charge in [-0.15, -0.1) is 0 Å². The highest BCUT2D eigenvalue weighted by Gasteiger charge is 2.62. The first-order valence-electron chi connectivity index (χ1n) is 18.4. The molecule has 0 radical (unpaired) electrons. The summed E-state index contributed by atoms with van der Waals surface area (Å²) in [5, 5.41) is 13.3. The third-order valence-electron chi connectivity index (χ3n) is 12.8. The van der Waals surface area contributed by atoms with Crippen LogP contribution in [0, 0.1) is 23.7 Å². The molecule has 0 unspecified atom stereocenters. The van der Waals surface area contributed by atoms with Crippen molar-refractivity contribution in [3.63, 3.8) is 0 Å². The number of hydrogen-bond donors (Lipinski definition) is 2. The molecule has 4 bridgehead atoms. The van der Waals surface area contributed by atoms with Gasteiger partial charge in [0, 0.05) is 57.1 Å². The van der Waals surface area contributed by atoms with Crippen molar-refractivity contribution in [2.75, 3.05) is 44.3 Å². The first-order valence-corrected chi connectivity index (χ1v) is 18.4. The van der Waals surface area contributed by atoms with Gasteiger partial charge in [-0.2, -0.15) is 22.0 Å². The van der Waals surface area contributed by atoms with Crippen molar-refractivity contribution in [3.8, 4) is 5.75 Å². The molecule has 1 aromatic carbocycles. The van der Waals surface area contributed by atoms with E-state index in [1.165, 1.54) is 4.90 Å². The van der Waals surface area contributed by atoms with Gasteiger partial charge >= 0.3 is 12.1 Å². The summed E-state index contributed by atoms with van der Waals surface area (Å²) < 4.78 is 81.4. The lowest BCUT2D eigenvalue weighted by Gasteiger charge is -2.59. The summed E-state index contributed by atoms with van der Waals surface area (Å²) in [5.74, 6) is -4.67. The van der Waals surface area contributed by atoms with Gasteiger partial charge in [0.05, 0.1) is 12.1 Å². The third kappa shape index (κ3) is 6.28. The number of amides is 1. The Morgan fingerprint density at radius 2 is 1.67 bits per heavy atom. The minimum atomic E-state index is -4.25. The lowest BCUT2D eigenvalue weighted by Crippen LogP contribution is -2.70. The van der Waals surface area contributed by atoms with E-state index in [1.54, 1.807) is 11.0 Å². The number of nitrogens with zero attached hydrogens (tertiary/aromatic N) is 4.